The lowest BCUT2D eigenvalue weighted by Gasteiger charge is -1.98. The first-order chi connectivity index (χ1) is 6.18. The Labute approximate surface area is 79.7 Å². The highest BCUT2D eigenvalue weighted by Gasteiger charge is 2.09. The molecule has 0 bridgehead atoms. The number of carbonyl (C=O) groups excluding carboxylic acids is 1. The van der Waals surface area contributed by atoms with Crippen molar-refractivity contribution in [2.45, 2.75) is 6.92 Å². The average Bonchev–Trinajstić information content (AvgIpc) is 2.48. The Hall–Kier alpha value is -1.35. The van der Waals surface area contributed by atoms with Crippen LogP contribution < -0.4 is 0 Å². The van der Waals surface area contributed by atoms with Crippen LogP contribution in [0.5, 0.6) is 0 Å². The molecule has 0 aromatic carbocycles. The molecule has 0 amide bonds. The molecule has 0 aliphatic heterocycles. The van der Waals surface area contributed by atoms with Crippen molar-refractivity contribution in [3.8, 4) is 0 Å². The molecule has 0 spiro atoms. The zero-order valence-corrected chi connectivity index (χ0v) is 7.72. The number of H-pyrrole nitrogens is 1. The number of ketones is 1. The molecule has 2 aromatic heterocycles. The predicted octanol–water partition coefficient (Wildman–Crippen LogP) is 2.42. The molecule has 2 heterocycles. The third-order valence-electron chi connectivity index (χ3n) is 1.82. The van der Waals surface area contributed by atoms with E-state index in [1.54, 1.807) is 18.3 Å². The number of nitrogens with zero attached hydrogens (tertiary/aromatic N) is 1. The fourth-order valence-corrected chi connectivity index (χ4v) is 1.49. The first kappa shape index (κ1) is 8.26. The number of nitrogens with one attached hydrogen (secondary N) is 1. The minimum Gasteiger partial charge on any atom is -0.360 e. The van der Waals surface area contributed by atoms with Gasteiger partial charge in [-0.05, 0) is 12.1 Å². The van der Waals surface area contributed by atoms with Crippen LogP contribution in [0.4, 0.5) is 0 Å². The predicted molar refractivity (Wildman–Crippen MR) is 51.1 cm³/mol. The van der Waals surface area contributed by atoms with E-state index >= 15 is 0 Å². The van der Waals surface area contributed by atoms with Gasteiger partial charge in [0.2, 0.25) is 0 Å². The molecule has 0 saturated heterocycles. The average molecular weight is 195 g/mol. The van der Waals surface area contributed by atoms with E-state index in [1.165, 1.54) is 6.92 Å². The van der Waals surface area contributed by atoms with Gasteiger partial charge in [0.1, 0.15) is 5.69 Å². The van der Waals surface area contributed by atoms with E-state index in [1.807, 2.05) is 0 Å². The van der Waals surface area contributed by atoms with E-state index < -0.39 is 0 Å². The van der Waals surface area contributed by atoms with Gasteiger partial charge < -0.3 is 4.98 Å². The van der Waals surface area contributed by atoms with Gasteiger partial charge in [0.25, 0.3) is 0 Å². The van der Waals surface area contributed by atoms with Gasteiger partial charge in [0.15, 0.2) is 5.78 Å². The monoisotopic (exact) mass is 194 g/mol. The van der Waals surface area contributed by atoms with Crippen molar-refractivity contribution in [2.24, 2.45) is 0 Å². The summed E-state index contributed by atoms with van der Waals surface area (Å²) in [7, 11) is 0. The molecule has 4 heteroatoms. The largest absolute Gasteiger partial charge is 0.360 e. The zero-order valence-electron chi connectivity index (χ0n) is 6.97. The van der Waals surface area contributed by atoms with Crippen LogP contribution in [-0.4, -0.2) is 15.8 Å². The third-order valence-corrected chi connectivity index (χ3v) is 2.11. The minimum atomic E-state index is -0.117. The number of rotatable bonds is 1. The summed E-state index contributed by atoms with van der Waals surface area (Å²) in [5.74, 6) is -0.117. The highest BCUT2D eigenvalue weighted by molar-refractivity contribution is 6.34. The lowest BCUT2D eigenvalue weighted by Crippen LogP contribution is -1.97. The molecule has 2 rings (SSSR count). The Balaban J connectivity index is 2.76. The van der Waals surface area contributed by atoms with E-state index in [2.05, 4.69) is 9.97 Å². The van der Waals surface area contributed by atoms with Gasteiger partial charge in [-0.3, -0.25) is 4.79 Å². The normalized spacial score (nSPS) is 10.6. The fraction of sp³-hybridized carbons (Fsp3) is 0.111. The summed E-state index contributed by atoms with van der Waals surface area (Å²) in [6.45, 7) is 1.45. The first-order valence-corrected chi connectivity index (χ1v) is 4.21. The maximum Gasteiger partial charge on any atom is 0.179 e. The van der Waals surface area contributed by atoms with Gasteiger partial charge in [-0.2, -0.15) is 0 Å². The molecule has 1 N–H and O–H groups in total. The van der Waals surface area contributed by atoms with Crippen molar-refractivity contribution in [1.29, 1.82) is 0 Å². The molecule has 13 heavy (non-hydrogen) atoms. The summed E-state index contributed by atoms with van der Waals surface area (Å²) in [5.41, 5.74) is 1.93. The Morgan fingerprint density at radius 1 is 1.62 bits per heavy atom. The lowest BCUT2D eigenvalue weighted by atomic mass is 10.2. The minimum absolute atomic E-state index is 0.117. The van der Waals surface area contributed by atoms with Crippen LogP contribution in [0.15, 0.2) is 18.3 Å². The van der Waals surface area contributed by atoms with Gasteiger partial charge in [-0.25, -0.2) is 4.98 Å². The SMILES string of the molecule is CC(=O)c1nc2cc[nH]c2cc1Cl. The van der Waals surface area contributed by atoms with Crippen molar-refractivity contribution in [3.05, 3.63) is 29.0 Å². The van der Waals surface area contributed by atoms with Crippen LogP contribution in [0.2, 0.25) is 5.02 Å². The molecule has 0 radical (unpaired) electrons. The third kappa shape index (κ3) is 1.31. The molecule has 66 valence electrons. The molecule has 0 aliphatic carbocycles. The second kappa shape index (κ2) is 2.85. The van der Waals surface area contributed by atoms with Crippen LogP contribution in [-0.2, 0) is 0 Å². The highest BCUT2D eigenvalue weighted by atomic mass is 35.5. The summed E-state index contributed by atoms with van der Waals surface area (Å²) in [6, 6.07) is 3.51. The number of pyridine rings is 1. The van der Waals surface area contributed by atoms with Crippen LogP contribution in [0.3, 0.4) is 0 Å². The summed E-state index contributed by atoms with van der Waals surface area (Å²) < 4.78 is 0. The van der Waals surface area contributed by atoms with Gasteiger partial charge in [-0.15, -0.1) is 0 Å². The maximum absolute atomic E-state index is 11.1. The number of aromatic amines is 1. The Morgan fingerprint density at radius 3 is 3.08 bits per heavy atom. The molecule has 0 fully saturated rings. The highest BCUT2D eigenvalue weighted by Crippen LogP contribution is 2.19. The number of halogens is 1. The summed E-state index contributed by atoms with van der Waals surface area (Å²) in [5, 5.41) is 0.391. The molecule has 0 unspecified atom stereocenters. The summed E-state index contributed by atoms with van der Waals surface area (Å²) in [4.78, 5) is 18.2. The summed E-state index contributed by atoms with van der Waals surface area (Å²) >= 11 is 5.85. The van der Waals surface area contributed by atoms with E-state index in [4.69, 9.17) is 11.6 Å². The van der Waals surface area contributed by atoms with Crippen LogP contribution >= 0.6 is 11.6 Å². The van der Waals surface area contributed by atoms with E-state index in [0.717, 1.165) is 11.0 Å². The quantitative estimate of drug-likeness (QED) is 0.709. The van der Waals surface area contributed by atoms with Gasteiger partial charge >= 0.3 is 0 Å². The molecule has 0 saturated carbocycles. The van der Waals surface area contributed by atoms with E-state index in [0.29, 0.717) is 10.7 Å². The second-order valence-corrected chi connectivity index (χ2v) is 3.19. The number of carbonyl (C=O) groups is 1. The van der Waals surface area contributed by atoms with Gasteiger partial charge in [0.05, 0.1) is 16.1 Å². The summed E-state index contributed by atoms with van der Waals surface area (Å²) in [6.07, 6.45) is 1.76. The van der Waals surface area contributed by atoms with Crippen molar-refractivity contribution in [1.82, 2.24) is 9.97 Å². The standard InChI is InChI=1S/C9H7ClN2O/c1-5(13)9-6(10)4-8-7(12-9)2-3-11-8/h2-4,11H,1H3. The maximum atomic E-state index is 11.1. The lowest BCUT2D eigenvalue weighted by molar-refractivity contribution is 0.101. The zero-order chi connectivity index (χ0) is 9.42. The van der Waals surface area contributed by atoms with E-state index in [9.17, 15) is 4.79 Å². The van der Waals surface area contributed by atoms with Crippen molar-refractivity contribution in [2.75, 3.05) is 0 Å². The topological polar surface area (TPSA) is 45.8 Å². The molecule has 3 nitrogen and oxygen atoms in total. The van der Waals surface area contributed by atoms with Gasteiger partial charge in [0, 0.05) is 13.1 Å². The number of hydrogen-bond donors (Lipinski definition) is 1. The smallest absolute Gasteiger partial charge is 0.179 e. The van der Waals surface area contributed by atoms with E-state index in [-0.39, 0.29) is 5.78 Å². The van der Waals surface area contributed by atoms with Crippen molar-refractivity contribution >= 4 is 28.4 Å². The molecule has 2 aromatic rings. The number of hydrogen-bond acceptors (Lipinski definition) is 2. The Morgan fingerprint density at radius 2 is 2.38 bits per heavy atom. The van der Waals surface area contributed by atoms with Crippen molar-refractivity contribution in [3.63, 3.8) is 0 Å². The first-order valence-electron chi connectivity index (χ1n) is 3.83. The van der Waals surface area contributed by atoms with Crippen LogP contribution in [0, 0.1) is 0 Å². The number of Topliss-reactive ketones (excluding diaryl/α,β-unsaturated/α-hetero) is 1. The molecular weight excluding hydrogens is 188 g/mol. The molecule has 0 atom stereocenters. The van der Waals surface area contributed by atoms with Crippen molar-refractivity contribution < 1.29 is 4.79 Å². The fourth-order valence-electron chi connectivity index (χ4n) is 1.20. The number of aromatic nitrogens is 2. The molecule has 0 aliphatic rings. The van der Waals surface area contributed by atoms with Crippen LogP contribution in [0.25, 0.3) is 11.0 Å². The van der Waals surface area contributed by atoms with Crippen LogP contribution in [0.1, 0.15) is 17.4 Å². The second-order valence-electron chi connectivity index (χ2n) is 2.79. The Kier molecular flexibility index (Phi) is 1.81. The van der Waals surface area contributed by atoms with Gasteiger partial charge in [-0.1, -0.05) is 11.6 Å². The molecular formula is C9H7ClN2O. The number of fused-ring (bicyclic) bond motifs is 1. The Bertz CT molecular complexity index is 475.